The van der Waals surface area contributed by atoms with Crippen LogP contribution in [-0.2, 0) is 4.79 Å². The van der Waals surface area contributed by atoms with E-state index in [2.05, 4.69) is 17.2 Å². The lowest BCUT2D eigenvalue weighted by atomic mass is 10.2. The Morgan fingerprint density at radius 1 is 1.56 bits per heavy atom. The van der Waals surface area contributed by atoms with E-state index in [1.165, 1.54) is 0 Å². The predicted molar refractivity (Wildman–Crippen MR) is 74.3 cm³/mol. The van der Waals surface area contributed by atoms with Crippen molar-refractivity contribution in [1.82, 2.24) is 5.32 Å². The third-order valence-electron chi connectivity index (χ3n) is 2.27. The zero-order valence-corrected chi connectivity index (χ0v) is 11.1. The molecule has 0 bridgehead atoms. The van der Waals surface area contributed by atoms with Crippen LogP contribution in [0, 0.1) is 0 Å². The highest BCUT2D eigenvalue weighted by molar-refractivity contribution is 6.30. The van der Waals surface area contributed by atoms with Crippen molar-refractivity contribution < 1.29 is 9.53 Å². The summed E-state index contributed by atoms with van der Waals surface area (Å²) in [6.07, 6.45) is 2.02. The first-order chi connectivity index (χ1) is 8.67. The van der Waals surface area contributed by atoms with Crippen LogP contribution < -0.4 is 15.4 Å². The van der Waals surface area contributed by atoms with Gasteiger partial charge in [-0.3, -0.25) is 4.79 Å². The molecular weight excluding hydrogens is 252 g/mol. The molecule has 2 N–H and O–H groups in total. The highest BCUT2D eigenvalue weighted by atomic mass is 35.5. The fraction of sp³-hybridized carbons (Fsp3) is 0.308. The molecule has 1 amide bonds. The van der Waals surface area contributed by atoms with Gasteiger partial charge < -0.3 is 15.4 Å². The van der Waals surface area contributed by atoms with Crippen molar-refractivity contribution in [3.8, 4) is 5.75 Å². The molecule has 0 aromatic heterocycles. The summed E-state index contributed by atoms with van der Waals surface area (Å²) in [6, 6.07) is 5.30. The second kappa shape index (κ2) is 7.61. The second-order valence-corrected chi connectivity index (χ2v) is 4.05. The van der Waals surface area contributed by atoms with Crippen LogP contribution in [0.2, 0.25) is 5.02 Å². The molecule has 4 nitrogen and oxygen atoms in total. The molecule has 0 heterocycles. The number of anilines is 1. The molecule has 1 rings (SSSR count). The van der Waals surface area contributed by atoms with E-state index >= 15 is 0 Å². The third-order valence-corrected chi connectivity index (χ3v) is 2.51. The van der Waals surface area contributed by atoms with Gasteiger partial charge in [-0.05, 0) is 18.2 Å². The molecule has 0 saturated heterocycles. The van der Waals surface area contributed by atoms with Crippen molar-refractivity contribution in [2.45, 2.75) is 6.42 Å². The van der Waals surface area contributed by atoms with E-state index in [-0.39, 0.29) is 5.91 Å². The maximum absolute atomic E-state index is 11.4. The minimum absolute atomic E-state index is 0.0246. The Balaban J connectivity index is 2.45. The molecular formula is C13H17ClN2O2. The number of rotatable bonds is 7. The summed E-state index contributed by atoms with van der Waals surface area (Å²) in [4.78, 5) is 11.4. The van der Waals surface area contributed by atoms with Gasteiger partial charge in [-0.25, -0.2) is 0 Å². The molecule has 1 aromatic rings. The van der Waals surface area contributed by atoms with Crippen molar-refractivity contribution in [2.24, 2.45) is 0 Å². The van der Waals surface area contributed by atoms with Crippen molar-refractivity contribution in [2.75, 3.05) is 25.5 Å². The molecule has 0 aliphatic rings. The van der Waals surface area contributed by atoms with Crippen LogP contribution >= 0.6 is 11.6 Å². The Morgan fingerprint density at radius 2 is 2.33 bits per heavy atom. The maximum Gasteiger partial charge on any atom is 0.222 e. The lowest BCUT2D eigenvalue weighted by Crippen LogP contribution is -2.25. The number of ether oxygens (including phenoxy) is 1. The summed E-state index contributed by atoms with van der Waals surface area (Å²) in [5, 5.41) is 6.44. The van der Waals surface area contributed by atoms with Gasteiger partial charge in [-0.15, -0.1) is 6.58 Å². The van der Waals surface area contributed by atoms with Crippen LogP contribution in [0.3, 0.4) is 0 Å². The summed E-state index contributed by atoms with van der Waals surface area (Å²) >= 11 is 5.90. The molecule has 0 saturated carbocycles. The van der Waals surface area contributed by atoms with Crippen LogP contribution in [0.15, 0.2) is 30.9 Å². The summed E-state index contributed by atoms with van der Waals surface area (Å²) in [5.41, 5.74) is 0.779. The van der Waals surface area contributed by atoms with Gasteiger partial charge in [-0.1, -0.05) is 17.7 Å². The normalized spacial score (nSPS) is 9.67. The predicted octanol–water partition coefficient (Wildman–Crippen LogP) is 2.45. The van der Waals surface area contributed by atoms with E-state index in [9.17, 15) is 4.79 Å². The number of halogens is 1. The number of carbonyl (C=O) groups is 1. The van der Waals surface area contributed by atoms with Gasteiger partial charge in [0.1, 0.15) is 5.75 Å². The number of benzene rings is 1. The molecule has 0 aliphatic heterocycles. The average Bonchev–Trinajstić information content (AvgIpc) is 2.36. The fourth-order valence-electron chi connectivity index (χ4n) is 1.40. The van der Waals surface area contributed by atoms with E-state index in [1.807, 2.05) is 0 Å². The van der Waals surface area contributed by atoms with Crippen molar-refractivity contribution >= 4 is 23.2 Å². The Bertz CT molecular complexity index is 421. The lowest BCUT2D eigenvalue weighted by molar-refractivity contribution is -0.120. The minimum Gasteiger partial charge on any atom is -0.495 e. The van der Waals surface area contributed by atoms with Gasteiger partial charge in [0.2, 0.25) is 5.91 Å². The summed E-state index contributed by atoms with van der Waals surface area (Å²) < 4.78 is 5.19. The van der Waals surface area contributed by atoms with Crippen molar-refractivity contribution in [3.63, 3.8) is 0 Å². The third kappa shape index (κ3) is 4.67. The van der Waals surface area contributed by atoms with Gasteiger partial charge in [0.25, 0.3) is 0 Å². The van der Waals surface area contributed by atoms with Crippen molar-refractivity contribution in [3.05, 3.63) is 35.9 Å². The van der Waals surface area contributed by atoms with E-state index in [1.54, 1.807) is 31.4 Å². The fourth-order valence-corrected chi connectivity index (χ4v) is 1.58. The van der Waals surface area contributed by atoms with Gasteiger partial charge in [-0.2, -0.15) is 0 Å². The zero-order valence-electron chi connectivity index (χ0n) is 10.3. The first-order valence-electron chi connectivity index (χ1n) is 5.62. The molecule has 5 heteroatoms. The van der Waals surface area contributed by atoms with Crippen LogP contribution in [0.5, 0.6) is 5.75 Å². The maximum atomic E-state index is 11.4. The molecule has 0 radical (unpaired) electrons. The van der Waals surface area contributed by atoms with E-state index in [0.717, 1.165) is 5.69 Å². The summed E-state index contributed by atoms with van der Waals surface area (Å²) in [6.45, 7) is 4.53. The van der Waals surface area contributed by atoms with Crippen molar-refractivity contribution in [1.29, 1.82) is 0 Å². The summed E-state index contributed by atoms with van der Waals surface area (Å²) in [5.74, 6) is 0.675. The monoisotopic (exact) mass is 268 g/mol. The Hall–Kier alpha value is -1.68. The van der Waals surface area contributed by atoms with Crippen LogP contribution in [0.1, 0.15) is 6.42 Å². The molecule has 1 aromatic carbocycles. The minimum atomic E-state index is -0.0246. The first kappa shape index (κ1) is 14.4. The first-order valence-corrected chi connectivity index (χ1v) is 6.00. The Kier molecular flexibility index (Phi) is 6.08. The topological polar surface area (TPSA) is 50.4 Å². The quantitative estimate of drug-likeness (QED) is 0.747. The smallest absolute Gasteiger partial charge is 0.222 e. The van der Waals surface area contributed by atoms with Gasteiger partial charge in [0.05, 0.1) is 12.8 Å². The molecule has 0 unspecified atom stereocenters. The molecule has 0 fully saturated rings. The molecule has 98 valence electrons. The number of methoxy groups -OCH3 is 1. The van der Waals surface area contributed by atoms with E-state index in [0.29, 0.717) is 30.3 Å². The number of carbonyl (C=O) groups excluding carboxylic acids is 1. The van der Waals surface area contributed by atoms with E-state index < -0.39 is 0 Å². The van der Waals surface area contributed by atoms with Gasteiger partial charge in [0.15, 0.2) is 0 Å². The Labute approximate surface area is 112 Å². The highest BCUT2D eigenvalue weighted by Gasteiger charge is 2.04. The molecule has 0 aliphatic carbocycles. The van der Waals surface area contributed by atoms with E-state index in [4.69, 9.17) is 16.3 Å². The average molecular weight is 269 g/mol. The SMILES string of the molecule is C=CCNC(=O)CCNc1cc(Cl)ccc1OC. The number of hydrogen-bond acceptors (Lipinski definition) is 3. The number of hydrogen-bond donors (Lipinski definition) is 2. The zero-order chi connectivity index (χ0) is 13.4. The highest BCUT2D eigenvalue weighted by Crippen LogP contribution is 2.27. The van der Waals surface area contributed by atoms with Crippen LogP contribution in [-0.4, -0.2) is 26.1 Å². The lowest BCUT2D eigenvalue weighted by Gasteiger charge is -2.11. The van der Waals surface area contributed by atoms with Gasteiger partial charge >= 0.3 is 0 Å². The number of nitrogens with one attached hydrogen (secondary N) is 2. The standard InChI is InChI=1S/C13H17ClN2O2/c1-3-7-16-13(17)6-8-15-11-9-10(14)4-5-12(11)18-2/h3-5,9,15H,1,6-8H2,2H3,(H,16,17). The second-order valence-electron chi connectivity index (χ2n) is 3.61. The molecule has 0 spiro atoms. The Morgan fingerprint density at radius 3 is 3.00 bits per heavy atom. The molecule has 18 heavy (non-hydrogen) atoms. The largest absolute Gasteiger partial charge is 0.495 e. The molecule has 0 atom stereocenters. The summed E-state index contributed by atoms with van der Waals surface area (Å²) in [7, 11) is 1.59. The van der Waals surface area contributed by atoms with Crippen LogP contribution in [0.4, 0.5) is 5.69 Å². The van der Waals surface area contributed by atoms with Gasteiger partial charge in [0, 0.05) is 24.5 Å². The van der Waals surface area contributed by atoms with Crippen LogP contribution in [0.25, 0.3) is 0 Å². The number of amides is 1.